The van der Waals surface area contributed by atoms with Crippen molar-refractivity contribution in [1.29, 1.82) is 0 Å². The van der Waals surface area contributed by atoms with Gasteiger partial charge < -0.3 is 14.6 Å². The molecule has 8 heteroatoms. The molecular formula is C12H8N2O5S. The largest absolute Gasteiger partial charge is 0.512 e. The number of fused-ring (bicyclic) bond motifs is 2. The van der Waals surface area contributed by atoms with E-state index in [-0.39, 0.29) is 10.6 Å². The second-order valence-corrected chi connectivity index (χ2v) is 4.84. The molecule has 0 radical (unpaired) electrons. The van der Waals surface area contributed by atoms with Crippen LogP contribution >= 0.6 is 11.3 Å². The molecule has 0 saturated carbocycles. The Kier molecular flexibility index (Phi) is 2.79. The second-order valence-electron chi connectivity index (χ2n) is 3.87. The van der Waals surface area contributed by atoms with Crippen LogP contribution in [0.2, 0.25) is 0 Å². The SMILES string of the molecule is COc1ccc2nc3sc(OC(=O)O)cn3c(=O)c2c1. The lowest BCUT2D eigenvalue weighted by Gasteiger charge is -2.01. The summed E-state index contributed by atoms with van der Waals surface area (Å²) in [6.45, 7) is 0. The van der Waals surface area contributed by atoms with Gasteiger partial charge in [-0.25, -0.2) is 9.78 Å². The molecule has 2 heterocycles. The highest BCUT2D eigenvalue weighted by Gasteiger charge is 2.12. The van der Waals surface area contributed by atoms with Crippen LogP contribution in [-0.4, -0.2) is 27.8 Å². The lowest BCUT2D eigenvalue weighted by Crippen LogP contribution is -2.12. The summed E-state index contributed by atoms with van der Waals surface area (Å²) in [5.74, 6) is 0.550. The summed E-state index contributed by atoms with van der Waals surface area (Å²) in [5.41, 5.74) is 0.208. The molecule has 0 saturated heterocycles. The molecule has 0 bridgehead atoms. The van der Waals surface area contributed by atoms with Gasteiger partial charge in [-0.3, -0.25) is 9.20 Å². The smallest absolute Gasteiger partial charge is 0.497 e. The monoisotopic (exact) mass is 292 g/mol. The zero-order chi connectivity index (χ0) is 14.3. The normalized spacial score (nSPS) is 10.8. The maximum atomic E-state index is 12.3. The van der Waals surface area contributed by atoms with Crippen LogP contribution in [0, 0.1) is 0 Å². The third kappa shape index (κ3) is 1.95. The lowest BCUT2D eigenvalue weighted by molar-refractivity contribution is 0.146. The highest BCUT2D eigenvalue weighted by Crippen LogP contribution is 2.25. The molecule has 0 spiro atoms. The Bertz CT molecular complexity index is 883. The predicted octanol–water partition coefficient (Wildman–Crippen LogP) is 1.97. The van der Waals surface area contributed by atoms with Gasteiger partial charge in [0, 0.05) is 0 Å². The first kappa shape index (κ1) is 12.4. The maximum Gasteiger partial charge on any atom is 0.512 e. The molecule has 0 aliphatic heterocycles. The van der Waals surface area contributed by atoms with Gasteiger partial charge in [0.2, 0.25) is 10.0 Å². The number of methoxy groups -OCH3 is 1. The fraction of sp³-hybridized carbons (Fsp3) is 0.0833. The number of benzene rings is 1. The zero-order valence-corrected chi connectivity index (χ0v) is 11.0. The lowest BCUT2D eigenvalue weighted by atomic mass is 10.2. The molecule has 0 amide bonds. The fourth-order valence-corrected chi connectivity index (χ4v) is 2.65. The molecule has 3 aromatic rings. The van der Waals surface area contributed by atoms with Crippen LogP contribution < -0.4 is 15.0 Å². The summed E-state index contributed by atoms with van der Waals surface area (Å²) in [6, 6.07) is 4.97. The van der Waals surface area contributed by atoms with Crippen molar-refractivity contribution < 1.29 is 19.4 Å². The van der Waals surface area contributed by atoms with Crippen molar-refractivity contribution >= 4 is 33.4 Å². The minimum absolute atomic E-state index is 0.0874. The van der Waals surface area contributed by atoms with Gasteiger partial charge in [-0.2, -0.15) is 0 Å². The van der Waals surface area contributed by atoms with Crippen molar-refractivity contribution in [3.05, 3.63) is 34.7 Å². The first-order valence-electron chi connectivity index (χ1n) is 5.49. The molecule has 102 valence electrons. The number of rotatable bonds is 2. The Morgan fingerprint density at radius 2 is 2.25 bits per heavy atom. The van der Waals surface area contributed by atoms with Crippen molar-refractivity contribution in [3.63, 3.8) is 0 Å². The van der Waals surface area contributed by atoms with Gasteiger partial charge in [-0.05, 0) is 18.2 Å². The number of ether oxygens (including phenoxy) is 2. The third-order valence-electron chi connectivity index (χ3n) is 2.69. The molecule has 2 aromatic heterocycles. The van der Waals surface area contributed by atoms with Crippen LogP contribution in [-0.2, 0) is 0 Å². The van der Waals surface area contributed by atoms with Crippen LogP contribution in [0.3, 0.4) is 0 Å². The van der Waals surface area contributed by atoms with E-state index in [1.54, 1.807) is 18.2 Å². The van der Waals surface area contributed by atoms with Crippen LogP contribution in [0.1, 0.15) is 0 Å². The third-order valence-corrected chi connectivity index (χ3v) is 3.55. The fourth-order valence-electron chi connectivity index (χ4n) is 1.83. The Labute approximate surface area is 115 Å². The van der Waals surface area contributed by atoms with Gasteiger partial charge in [0.1, 0.15) is 5.75 Å². The van der Waals surface area contributed by atoms with E-state index < -0.39 is 6.16 Å². The summed E-state index contributed by atoms with van der Waals surface area (Å²) in [5, 5.41) is 9.06. The molecule has 1 N–H and O–H groups in total. The van der Waals surface area contributed by atoms with Gasteiger partial charge >= 0.3 is 6.16 Å². The molecule has 0 unspecified atom stereocenters. The van der Waals surface area contributed by atoms with Gasteiger partial charge in [0.05, 0.1) is 24.2 Å². The van der Waals surface area contributed by atoms with E-state index in [1.165, 1.54) is 17.7 Å². The second kappa shape index (κ2) is 4.49. The molecule has 3 rings (SSSR count). The van der Waals surface area contributed by atoms with Gasteiger partial charge in [0.15, 0.2) is 0 Å². The van der Waals surface area contributed by atoms with E-state index in [2.05, 4.69) is 9.72 Å². The highest BCUT2D eigenvalue weighted by molar-refractivity contribution is 7.18. The van der Waals surface area contributed by atoms with Gasteiger partial charge in [-0.15, -0.1) is 0 Å². The molecule has 1 aromatic carbocycles. The van der Waals surface area contributed by atoms with Gasteiger partial charge in [0.25, 0.3) is 5.56 Å². The van der Waals surface area contributed by atoms with Crippen LogP contribution in [0.5, 0.6) is 10.8 Å². The van der Waals surface area contributed by atoms with Crippen LogP contribution in [0.25, 0.3) is 15.9 Å². The van der Waals surface area contributed by atoms with Crippen molar-refractivity contribution in [2.45, 2.75) is 0 Å². The van der Waals surface area contributed by atoms with E-state index in [1.807, 2.05) is 0 Å². The van der Waals surface area contributed by atoms with E-state index >= 15 is 0 Å². The summed E-state index contributed by atoms with van der Waals surface area (Å²) in [4.78, 5) is 27.5. The van der Waals surface area contributed by atoms with Crippen molar-refractivity contribution in [3.8, 4) is 10.8 Å². The molecule has 7 nitrogen and oxygen atoms in total. The summed E-state index contributed by atoms with van der Waals surface area (Å²) >= 11 is 0.982. The van der Waals surface area contributed by atoms with Crippen LogP contribution in [0.4, 0.5) is 4.79 Å². The topological polar surface area (TPSA) is 90.1 Å². The Hall–Kier alpha value is -2.61. The maximum absolute atomic E-state index is 12.3. The van der Waals surface area contributed by atoms with Crippen LogP contribution in [0.15, 0.2) is 29.2 Å². The quantitative estimate of drug-likeness (QED) is 0.726. The number of hydrogen-bond donors (Lipinski definition) is 1. The number of hydrogen-bond acceptors (Lipinski definition) is 6. The van der Waals surface area contributed by atoms with E-state index in [0.717, 1.165) is 11.3 Å². The minimum Gasteiger partial charge on any atom is -0.497 e. The van der Waals surface area contributed by atoms with E-state index in [4.69, 9.17) is 9.84 Å². The summed E-state index contributed by atoms with van der Waals surface area (Å²) < 4.78 is 10.9. The van der Waals surface area contributed by atoms with Crippen molar-refractivity contribution in [2.24, 2.45) is 0 Å². The Morgan fingerprint density at radius 3 is 2.95 bits per heavy atom. The number of aromatic nitrogens is 2. The Morgan fingerprint density at radius 1 is 1.45 bits per heavy atom. The number of thiazole rings is 1. The average Bonchev–Trinajstić information content (AvgIpc) is 2.80. The first-order chi connectivity index (χ1) is 9.58. The van der Waals surface area contributed by atoms with Crippen molar-refractivity contribution in [1.82, 2.24) is 9.38 Å². The van der Waals surface area contributed by atoms with Crippen molar-refractivity contribution in [2.75, 3.05) is 7.11 Å². The molecule has 0 aliphatic carbocycles. The zero-order valence-electron chi connectivity index (χ0n) is 10.2. The molecule has 0 aliphatic rings. The molecular weight excluding hydrogens is 284 g/mol. The first-order valence-corrected chi connectivity index (χ1v) is 6.31. The number of carbonyl (C=O) groups is 1. The van der Waals surface area contributed by atoms with E-state index in [0.29, 0.717) is 21.6 Å². The highest BCUT2D eigenvalue weighted by atomic mass is 32.1. The summed E-state index contributed by atoms with van der Waals surface area (Å²) in [6.07, 6.45) is -0.127. The van der Waals surface area contributed by atoms with Gasteiger partial charge in [-0.1, -0.05) is 11.3 Å². The minimum atomic E-state index is -1.43. The molecule has 20 heavy (non-hydrogen) atoms. The molecule has 0 fully saturated rings. The predicted molar refractivity (Wildman–Crippen MR) is 72.0 cm³/mol. The Balaban J connectivity index is 2.29. The number of carboxylic acid groups (broad SMARTS) is 1. The number of nitrogens with zero attached hydrogens (tertiary/aromatic N) is 2. The summed E-state index contributed by atoms with van der Waals surface area (Å²) in [7, 11) is 1.51. The standard InChI is InChI=1S/C12H8N2O5S/c1-18-6-2-3-8-7(4-6)10(15)14-5-9(19-12(16)17)20-11(14)13-8/h2-5H,1H3,(H,16,17). The molecule has 0 atom stereocenters. The van der Waals surface area contributed by atoms with E-state index in [9.17, 15) is 9.59 Å². The average molecular weight is 292 g/mol.